The van der Waals surface area contributed by atoms with Gasteiger partial charge in [-0.3, -0.25) is 0 Å². The molecule has 380 valence electrons. The van der Waals surface area contributed by atoms with Gasteiger partial charge in [0.2, 0.25) is 9.04 Å². The zero-order chi connectivity index (χ0) is 52.4. The summed E-state index contributed by atoms with van der Waals surface area (Å²) in [5.41, 5.74) is -0.870. The molecule has 0 saturated carbocycles. The van der Waals surface area contributed by atoms with Gasteiger partial charge in [0.1, 0.15) is 0 Å². The molecule has 0 spiro atoms. The minimum Gasteiger partial charge on any atom is -0.414 e. The first-order chi connectivity index (χ1) is 36.5. The average molecular weight is 1050 g/mol. The van der Waals surface area contributed by atoms with E-state index in [9.17, 15) is 0 Å². The molecule has 3 nitrogen and oxygen atoms in total. The molecule has 0 aliphatic rings. The van der Waals surface area contributed by atoms with Crippen molar-refractivity contribution in [2.24, 2.45) is 0 Å². The predicted molar refractivity (Wildman–Crippen MR) is 328 cm³/mol. The molecule has 0 amide bonds. The molecule has 7 heteroatoms. The Kier molecular flexibility index (Phi) is 16.6. The van der Waals surface area contributed by atoms with E-state index in [-0.39, 0.29) is 5.73 Å². The lowest BCUT2D eigenvalue weighted by Crippen LogP contribution is -2.82. The van der Waals surface area contributed by atoms with Crippen LogP contribution >= 0.6 is 0 Å². The minimum absolute atomic E-state index is 0.118. The van der Waals surface area contributed by atoms with E-state index in [0.717, 1.165) is 19.3 Å². The largest absolute Gasteiger partial charge is 0.414 e. The van der Waals surface area contributed by atoms with Crippen LogP contribution in [0.5, 0.6) is 0 Å². The van der Waals surface area contributed by atoms with Crippen LogP contribution in [0.4, 0.5) is 0 Å². The molecule has 0 bridgehead atoms. The highest BCUT2D eigenvalue weighted by Gasteiger charge is 2.64. The summed E-state index contributed by atoms with van der Waals surface area (Å²) < 4.78 is 26.0. The highest BCUT2D eigenvalue weighted by Crippen LogP contribution is 2.52. The molecule has 4 unspecified atom stereocenters. The van der Waals surface area contributed by atoms with Crippen molar-refractivity contribution in [2.45, 2.75) is 89.3 Å². The summed E-state index contributed by atoms with van der Waals surface area (Å²) in [7, 11) is -12.6. The number of benzene rings is 9. The third-order valence-electron chi connectivity index (χ3n) is 16.7. The first kappa shape index (κ1) is 53.5. The summed E-state index contributed by atoms with van der Waals surface area (Å²) in [6, 6.07) is 100. The number of hydrogen-bond acceptors (Lipinski definition) is 3. The van der Waals surface area contributed by atoms with Crippen LogP contribution in [0.2, 0.25) is 5.04 Å². The molecule has 0 N–H and O–H groups in total. The Labute approximate surface area is 453 Å². The van der Waals surface area contributed by atoms with Gasteiger partial charge in [-0.15, -0.1) is 0 Å². The van der Waals surface area contributed by atoms with Crippen molar-refractivity contribution in [3.63, 3.8) is 0 Å². The van der Waals surface area contributed by atoms with E-state index in [1.165, 1.54) is 46.7 Å². The third-order valence-corrected chi connectivity index (χ3v) is 35.3. The Balaban J connectivity index is 1.30. The van der Waals surface area contributed by atoms with Crippen molar-refractivity contribution < 1.29 is 13.3 Å². The van der Waals surface area contributed by atoms with E-state index >= 15 is 0 Å². The second-order valence-electron chi connectivity index (χ2n) is 21.0. The van der Waals surface area contributed by atoms with Gasteiger partial charge in [-0.2, -0.15) is 0 Å². The van der Waals surface area contributed by atoms with Crippen LogP contribution in [0, 0.1) is 0 Å². The SMILES string of the molecule is CCC(O[SiH](c1ccccc1)C(C)(CC)C(C)(CC)O[Si](c1ccccc1)(c1ccccc1)C(C)(C)O[Si](c1ccccc1)(c1ccccc1)c1ccccc1)[Si](c1ccccc1)(c1ccccc1)c1ccccc1. The summed E-state index contributed by atoms with van der Waals surface area (Å²) in [5, 5.41) is 9.87. The Morgan fingerprint density at radius 3 is 0.947 bits per heavy atom. The van der Waals surface area contributed by atoms with E-state index in [0.29, 0.717) is 0 Å². The van der Waals surface area contributed by atoms with Crippen molar-refractivity contribution >= 4 is 80.4 Å². The van der Waals surface area contributed by atoms with Crippen LogP contribution < -0.4 is 46.7 Å². The maximum absolute atomic E-state index is 8.88. The highest BCUT2D eigenvalue weighted by atomic mass is 28.4. The molecule has 9 rings (SSSR count). The Bertz CT molecular complexity index is 2900. The highest BCUT2D eigenvalue weighted by molar-refractivity contribution is 7.12. The van der Waals surface area contributed by atoms with E-state index in [2.05, 4.69) is 321 Å². The summed E-state index contributed by atoms with van der Waals surface area (Å²) in [4.78, 5) is 0. The molecule has 0 radical (unpaired) electrons. The number of rotatable bonds is 22. The van der Waals surface area contributed by atoms with E-state index in [1.54, 1.807) is 0 Å². The maximum atomic E-state index is 8.88. The second kappa shape index (κ2) is 23.3. The Morgan fingerprint density at radius 2 is 0.653 bits per heavy atom. The van der Waals surface area contributed by atoms with Crippen molar-refractivity contribution in [3.05, 3.63) is 273 Å². The standard InChI is InChI=1S/C68H74O3Si4/c1-8-65(73(57-40-22-12-23-41-57,58-42-24-13-25-43-58)59-44-26-14-27-45-59)69-72(56-38-20-11-21-39-56)68(7,10-3)67(6,9-2)71-75(63-52-34-18-35-53-63,64-54-36-19-37-55-64)66(4,5)70-74(60-46-28-15-29-47-60,61-48-30-16-31-49-61)62-50-32-17-33-51-62/h11-55,65,72H,8-10H2,1-7H3. The maximum Gasteiger partial charge on any atom is 0.288 e. The molecule has 9 aromatic rings. The number of hydrogen-bond donors (Lipinski definition) is 0. The van der Waals surface area contributed by atoms with Gasteiger partial charge in [0, 0.05) is 5.04 Å². The van der Waals surface area contributed by atoms with Crippen molar-refractivity contribution in [1.29, 1.82) is 0 Å². The van der Waals surface area contributed by atoms with E-state index < -0.39 is 49.6 Å². The minimum atomic E-state index is -3.67. The van der Waals surface area contributed by atoms with Crippen molar-refractivity contribution in [1.82, 2.24) is 0 Å². The first-order valence-corrected chi connectivity index (χ1v) is 34.6. The smallest absolute Gasteiger partial charge is 0.288 e. The first-order valence-electron chi connectivity index (χ1n) is 27.1. The lowest BCUT2D eigenvalue weighted by molar-refractivity contribution is 0.00380. The van der Waals surface area contributed by atoms with Gasteiger partial charge >= 0.3 is 0 Å². The zero-order valence-electron chi connectivity index (χ0n) is 45.0. The van der Waals surface area contributed by atoms with Gasteiger partial charge in [0.25, 0.3) is 16.6 Å². The van der Waals surface area contributed by atoms with E-state index in [4.69, 9.17) is 13.3 Å². The molecular weight excluding hydrogens is 977 g/mol. The van der Waals surface area contributed by atoms with Gasteiger partial charge in [0.15, 0.2) is 8.07 Å². The van der Waals surface area contributed by atoms with Gasteiger partial charge in [-0.1, -0.05) is 301 Å². The van der Waals surface area contributed by atoms with Crippen molar-refractivity contribution in [2.75, 3.05) is 0 Å². The summed E-state index contributed by atoms with van der Waals surface area (Å²) in [6.45, 7) is 16.7. The zero-order valence-corrected chi connectivity index (χ0v) is 49.1. The monoisotopic (exact) mass is 1050 g/mol. The van der Waals surface area contributed by atoms with Crippen molar-refractivity contribution in [3.8, 4) is 0 Å². The molecule has 75 heavy (non-hydrogen) atoms. The molecule has 9 aromatic carbocycles. The van der Waals surface area contributed by atoms with Gasteiger partial charge in [0.05, 0.1) is 16.6 Å². The molecule has 0 aliphatic heterocycles. The summed E-state index contributed by atoms with van der Waals surface area (Å²) >= 11 is 0. The predicted octanol–water partition coefficient (Wildman–Crippen LogP) is 10.2. The second-order valence-corrected chi connectivity index (χ2v) is 35.2. The Morgan fingerprint density at radius 1 is 0.360 bits per heavy atom. The topological polar surface area (TPSA) is 27.7 Å². The normalized spacial score (nSPS) is 14.8. The third kappa shape index (κ3) is 9.92. The molecular formula is C68H74O3Si4. The van der Waals surface area contributed by atoms with E-state index in [1.807, 2.05) is 0 Å². The fourth-order valence-electron chi connectivity index (χ4n) is 12.4. The van der Waals surface area contributed by atoms with Gasteiger partial charge in [-0.25, -0.2) is 0 Å². The summed E-state index contributed by atoms with van der Waals surface area (Å²) in [5.74, 6) is 0. The van der Waals surface area contributed by atoms with Crippen LogP contribution in [-0.4, -0.2) is 50.3 Å². The lowest BCUT2D eigenvalue weighted by atomic mass is 9.85. The molecule has 0 saturated heterocycles. The average Bonchev–Trinajstić information content (AvgIpc) is 3.48. The van der Waals surface area contributed by atoms with Crippen LogP contribution in [0.3, 0.4) is 0 Å². The van der Waals surface area contributed by atoms with Crippen LogP contribution in [0.15, 0.2) is 273 Å². The molecule has 0 aliphatic carbocycles. The van der Waals surface area contributed by atoms with Crippen LogP contribution in [-0.2, 0) is 13.3 Å². The molecule has 0 aromatic heterocycles. The fourth-order valence-corrected chi connectivity index (χ4v) is 31.8. The van der Waals surface area contributed by atoms with Gasteiger partial charge in [-0.05, 0) is 86.7 Å². The van der Waals surface area contributed by atoms with Crippen LogP contribution in [0.25, 0.3) is 0 Å². The molecule has 0 heterocycles. The van der Waals surface area contributed by atoms with Crippen LogP contribution in [0.1, 0.15) is 67.7 Å². The molecule has 0 fully saturated rings. The van der Waals surface area contributed by atoms with Gasteiger partial charge < -0.3 is 13.3 Å². The molecule has 4 atom stereocenters. The quantitative estimate of drug-likeness (QED) is 0.0500. The summed E-state index contributed by atoms with van der Waals surface area (Å²) in [6.07, 6.45) is 2.42. The lowest BCUT2D eigenvalue weighted by Gasteiger charge is -2.58. The Hall–Kier alpha value is -6.27. The fraction of sp³-hybridized carbons (Fsp3) is 0.206.